The van der Waals surface area contributed by atoms with Crippen LogP contribution in [0.15, 0.2) is 188 Å². The Kier molecular flexibility index (Phi) is 6.73. The van der Waals surface area contributed by atoms with Gasteiger partial charge in [-0.25, -0.2) is 15.0 Å². The first-order chi connectivity index (χ1) is 26.8. The van der Waals surface area contributed by atoms with Crippen molar-refractivity contribution in [2.75, 3.05) is 0 Å². The Hall–Kier alpha value is -7.17. The molecule has 0 fully saturated rings. The van der Waals surface area contributed by atoms with Crippen LogP contribution in [-0.4, -0.2) is 15.0 Å². The lowest BCUT2D eigenvalue weighted by molar-refractivity contribution is 0.436. The van der Waals surface area contributed by atoms with E-state index in [1.165, 1.54) is 33.4 Å². The first-order valence-electron chi connectivity index (χ1n) is 18.3. The monoisotopic (exact) mass is 689 g/mol. The second-order valence-corrected chi connectivity index (χ2v) is 13.9. The van der Waals surface area contributed by atoms with E-state index >= 15 is 0 Å². The molecule has 0 bridgehead atoms. The van der Waals surface area contributed by atoms with Crippen LogP contribution in [0.1, 0.15) is 22.3 Å². The average molecular weight is 690 g/mol. The number of ether oxygens (including phenoxy) is 1. The normalized spacial score (nSPS) is 13.1. The van der Waals surface area contributed by atoms with Gasteiger partial charge in [0.25, 0.3) is 0 Å². The van der Waals surface area contributed by atoms with Gasteiger partial charge in [0.05, 0.1) is 5.41 Å². The third-order valence-corrected chi connectivity index (χ3v) is 11.0. The van der Waals surface area contributed by atoms with Crippen molar-refractivity contribution >= 4 is 10.8 Å². The smallest absolute Gasteiger partial charge is 0.164 e. The van der Waals surface area contributed by atoms with E-state index in [-0.39, 0.29) is 0 Å². The van der Waals surface area contributed by atoms with E-state index in [0.717, 1.165) is 50.1 Å². The average Bonchev–Trinajstić information content (AvgIpc) is 3.54. The number of fused-ring (bicyclic) bond motifs is 10. The Balaban J connectivity index is 1.13. The van der Waals surface area contributed by atoms with Gasteiger partial charge in [0, 0.05) is 27.8 Å². The fourth-order valence-electron chi connectivity index (χ4n) is 8.71. The summed E-state index contributed by atoms with van der Waals surface area (Å²) in [5.74, 6) is 3.46. The Morgan fingerprint density at radius 1 is 0.315 bits per heavy atom. The molecule has 1 aliphatic carbocycles. The molecule has 252 valence electrons. The molecule has 2 heterocycles. The Morgan fingerprint density at radius 2 is 0.815 bits per heavy atom. The third-order valence-electron chi connectivity index (χ3n) is 11.0. The molecule has 4 heteroatoms. The van der Waals surface area contributed by atoms with Gasteiger partial charge in [0.2, 0.25) is 0 Å². The maximum atomic E-state index is 6.83. The van der Waals surface area contributed by atoms with E-state index < -0.39 is 5.41 Å². The molecule has 1 spiro atoms. The predicted octanol–water partition coefficient (Wildman–Crippen LogP) is 12.2. The van der Waals surface area contributed by atoms with Gasteiger partial charge in [-0.2, -0.15) is 0 Å². The number of benzene rings is 8. The number of hydrogen-bond acceptors (Lipinski definition) is 4. The van der Waals surface area contributed by atoms with Gasteiger partial charge in [-0.1, -0.05) is 170 Å². The largest absolute Gasteiger partial charge is 0.457 e. The quantitative estimate of drug-likeness (QED) is 0.185. The number of hydrogen-bond donors (Lipinski definition) is 0. The van der Waals surface area contributed by atoms with Crippen LogP contribution in [0.4, 0.5) is 0 Å². The van der Waals surface area contributed by atoms with Gasteiger partial charge >= 0.3 is 0 Å². The highest BCUT2D eigenvalue weighted by Gasteiger charge is 2.50. The van der Waals surface area contributed by atoms with Crippen LogP contribution in [-0.2, 0) is 5.41 Å². The number of para-hydroxylation sites is 1. The van der Waals surface area contributed by atoms with Crippen LogP contribution >= 0.6 is 0 Å². The summed E-state index contributed by atoms with van der Waals surface area (Å²) in [6.45, 7) is 0. The van der Waals surface area contributed by atoms with Gasteiger partial charge in [0.15, 0.2) is 17.5 Å². The van der Waals surface area contributed by atoms with Crippen LogP contribution < -0.4 is 4.74 Å². The molecular weight excluding hydrogens is 659 g/mol. The predicted molar refractivity (Wildman–Crippen MR) is 216 cm³/mol. The van der Waals surface area contributed by atoms with Crippen LogP contribution in [0.25, 0.3) is 67.2 Å². The van der Waals surface area contributed by atoms with E-state index in [1.54, 1.807) is 0 Å². The lowest BCUT2D eigenvalue weighted by Gasteiger charge is -2.39. The summed E-state index contributed by atoms with van der Waals surface area (Å²) < 4.78 is 6.83. The molecule has 0 saturated carbocycles. The first-order valence-corrected chi connectivity index (χ1v) is 18.3. The number of rotatable bonds is 4. The molecule has 0 unspecified atom stereocenters. The minimum absolute atomic E-state index is 0.533. The summed E-state index contributed by atoms with van der Waals surface area (Å²) in [6.07, 6.45) is 0. The summed E-state index contributed by atoms with van der Waals surface area (Å²) in [4.78, 5) is 15.5. The van der Waals surface area contributed by atoms with Crippen molar-refractivity contribution in [1.29, 1.82) is 0 Å². The van der Waals surface area contributed by atoms with Crippen LogP contribution in [0.3, 0.4) is 0 Å². The molecule has 0 amide bonds. The fourth-order valence-corrected chi connectivity index (χ4v) is 8.71. The SMILES string of the molecule is c1ccc(-c2nc(-c3ccc4c(c3)Oc3ccccc3C43c4ccccc4-c4ccccc43)nc(-c3ccc(-c4ccccc4)c4ccccc34)n2)cc1. The van der Waals surface area contributed by atoms with Crippen LogP contribution in [0.2, 0.25) is 0 Å². The lowest BCUT2D eigenvalue weighted by atomic mass is 9.66. The Labute approximate surface area is 313 Å². The van der Waals surface area contributed by atoms with Crippen molar-refractivity contribution in [1.82, 2.24) is 15.0 Å². The standard InChI is InChI=1S/C50H31N3O/c1-3-15-32(16-4-1)35-28-29-40(37-20-8-7-19-36(35)37)49-52-47(33-17-5-2-6-18-33)51-48(53-49)34-27-30-44-46(31-34)54-45-26-14-13-25-43(45)50(44)41-23-11-9-21-38(41)39-22-10-12-24-42(39)50/h1-31H. The minimum Gasteiger partial charge on any atom is -0.457 e. The second kappa shape index (κ2) is 11.9. The van der Waals surface area contributed by atoms with Crippen LogP contribution in [0, 0.1) is 0 Å². The highest BCUT2D eigenvalue weighted by Crippen LogP contribution is 2.62. The van der Waals surface area contributed by atoms with E-state index in [2.05, 4.69) is 146 Å². The molecule has 2 aliphatic rings. The molecule has 1 aromatic heterocycles. The zero-order valence-corrected chi connectivity index (χ0v) is 29.1. The zero-order valence-electron chi connectivity index (χ0n) is 29.1. The fraction of sp³-hybridized carbons (Fsp3) is 0.0200. The highest BCUT2D eigenvalue weighted by atomic mass is 16.5. The van der Waals surface area contributed by atoms with E-state index in [9.17, 15) is 0 Å². The Bertz CT molecular complexity index is 2870. The molecule has 0 atom stereocenters. The van der Waals surface area contributed by atoms with Gasteiger partial charge in [-0.3, -0.25) is 0 Å². The van der Waals surface area contributed by atoms with Crippen molar-refractivity contribution in [3.8, 4) is 67.9 Å². The van der Waals surface area contributed by atoms with Crippen molar-refractivity contribution in [2.45, 2.75) is 5.41 Å². The van der Waals surface area contributed by atoms with Crippen molar-refractivity contribution in [3.63, 3.8) is 0 Å². The maximum absolute atomic E-state index is 6.83. The summed E-state index contributed by atoms with van der Waals surface area (Å²) in [5.41, 5.74) is 11.8. The second-order valence-electron chi connectivity index (χ2n) is 13.9. The van der Waals surface area contributed by atoms with Gasteiger partial charge < -0.3 is 4.74 Å². The molecule has 0 saturated heterocycles. The van der Waals surface area contributed by atoms with Gasteiger partial charge in [-0.05, 0) is 62.4 Å². The molecule has 4 nitrogen and oxygen atoms in total. The summed E-state index contributed by atoms with van der Waals surface area (Å²) in [7, 11) is 0. The molecule has 0 radical (unpaired) electrons. The number of aromatic nitrogens is 3. The summed E-state index contributed by atoms with van der Waals surface area (Å²) in [5, 5.41) is 2.23. The third kappa shape index (κ3) is 4.47. The topological polar surface area (TPSA) is 47.9 Å². The van der Waals surface area contributed by atoms with E-state index in [0.29, 0.717) is 17.5 Å². The Morgan fingerprint density at radius 3 is 1.52 bits per heavy atom. The molecule has 9 aromatic rings. The molecule has 0 N–H and O–H groups in total. The summed E-state index contributed by atoms with van der Waals surface area (Å²) >= 11 is 0. The molecule has 1 aliphatic heterocycles. The summed E-state index contributed by atoms with van der Waals surface area (Å²) in [6, 6.07) is 66.0. The number of nitrogens with zero attached hydrogens (tertiary/aromatic N) is 3. The van der Waals surface area contributed by atoms with Gasteiger partial charge in [-0.15, -0.1) is 0 Å². The van der Waals surface area contributed by atoms with Gasteiger partial charge in [0.1, 0.15) is 11.5 Å². The maximum Gasteiger partial charge on any atom is 0.164 e. The minimum atomic E-state index is -0.533. The van der Waals surface area contributed by atoms with Crippen molar-refractivity contribution in [3.05, 3.63) is 210 Å². The molecule has 8 aromatic carbocycles. The molecule has 11 rings (SSSR count). The van der Waals surface area contributed by atoms with E-state index in [4.69, 9.17) is 19.7 Å². The zero-order chi connectivity index (χ0) is 35.6. The first kappa shape index (κ1) is 30.5. The van der Waals surface area contributed by atoms with Crippen molar-refractivity contribution in [2.24, 2.45) is 0 Å². The molecule has 54 heavy (non-hydrogen) atoms. The van der Waals surface area contributed by atoms with E-state index in [1.807, 2.05) is 42.5 Å². The highest BCUT2D eigenvalue weighted by molar-refractivity contribution is 6.04. The van der Waals surface area contributed by atoms with Crippen LogP contribution in [0.5, 0.6) is 11.5 Å². The van der Waals surface area contributed by atoms with Crippen molar-refractivity contribution < 1.29 is 4.74 Å². The molecular formula is C50H31N3O. The lowest BCUT2D eigenvalue weighted by Crippen LogP contribution is -2.32.